The summed E-state index contributed by atoms with van der Waals surface area (Å²) in [5.41, 5.74) is 1.81. The maximum atomic E-state index is 10.3. The maximum absolute atomic E-state index is 10.3. The molecule has 94 valence electrons. The highest BCUT2D eigenvalue weighted by molar-refractivity contribution is 7.98. The van der Waals surface area contributed by atoms with E-state index in [-0.39, 0.29) is 11.5 Å². The van der Waals surface area contributed by atoms with E-state index in [0.717, 1.165) is 11.5 Å². The molecule has 0 unspecified atom stereocenters. The monoisotopic (exact) mass is 274 g/mol. The molecule has 6 nitrogen and oxygen atoms in total. The molecule has 17 heavy (non-hydrogen) atoms. The number of thiazole rings is 1. The van der Waals surface area contributed by atoms with Crippen LogP contribution >= 0.6 is 23.1 Å². The summed E-state index contributed by atoms with van der Waals surface area (Å²) in [7, 11) is 1.55. The van der Waals surface area contributed by atoms with Gasteiger partial charge in [-0.25, -0.2) is 0 Å². The van der Waals surface area contributed by atoms with Gasteiger partial charge in [0.1, 0.15) is 0 Å². The first-order chi connectivity index (χ1) is 8.22. The minimum Gasteiger partial charge on any atom is -0.368 e. The minimum atomic E-state index is -0.389. The van der Waals surface area contributed by atoms with Gasteiger partial charge in [-0.2, -0.15) is 11.8 Å². The van der Waals surface area contributed by atoms with Crippen molar-refractivity contribution in [3.63, 3.8) is 0 Å². The van der Waals surface area contributed by atoms with E-state index in [1.54, 1.807) is 30.1 Å². The average Bonchev–Trinajstić information content (AvgIpc) is 2.79. The zero-order valence-electron chi connectivity index (χ0n) is 9.46. The molecule has 0 bridgehead atoms. The Kier molecular flexibility index (Phi) is 6.56. The molecule has 0 atom stereocenters. The molecular formula is C9H14N4O2S2. The molecule has 0 saturated heterocycles. The lowest BCUT2D eigenvalue weighted by Crippen LogP contribution is -2.31. The molecule has 0 aliphatic rings. The van der Waals surface area contributed by atoms with Gasteiger partial charge >= 0.3 is 0 Å². The van der Waals surface area contributed by atoms with Crippen molar-refractivity contribution in [1.82, 2.24) is 10.3 Å². The van der Waals surface area contributed by atoms with E-state index >= 15 is 0 Å². The van der Waals surface area contributed by atoms with Crippen LogP contribution in [0.15, 0.2) is 16.7 Å². The largest absolute Gasteiger partial charge is 0.368 e. The number of hydrogen-bond acceptors (Lipinski definition) is 6. The molecule has 1 rings (SSSR count). The van der Waals surface area contributed by atoms with E-state index in [2.05, 4.69) is 15.3 Å². The van der Waals surface area contributed by atoms with Gasteiger partial charge < -0.3 is 5.32 Å². The first kappa shape index (κ1) is 13.9. The third-order valence-electron chi connectivity index (χ3n) is 1.85. The maximum Gasteiger partial charge on any atom is 0.259 e. The van der Waals surface area contributed by atoms with Gasteiger partial charge in [0.05, 0.1) is 5.51 Å². The van der Waals surface area contributed by atoms with Crippen LogP contribution in [-0.4, -0.2) is 41.6 Å². The van der Waals surface area contributed by atoms with Gasteiger partial charge in [0.2, 0.25) is 0 Å². The molecule has 8 heteroatoms. The standard InChI is InChI=1S/C9H14N4O2S2/c1-10-9(5-13(14)15)12-2-3-16-6-8-4-11-7-17-8/h4,7H,2-3,5-6H2,1H3,(H,10,12). The van der Waals surface area contributed by atoms with Crippen molar-refractivity contribution in [2.75, 3.05) is 25.9 Å². The Bertz CT molecular complexity index is 367. The van der Waals surface area contributed by atoms with E-state index < -0.39 is 0 Å². The molecule has 0 spiro atoms. The number of rotatable bonds is 7. The molecule has 0 aromatic carbocycles. The second-order valence-electron chi connectivity index (χ2n) is 3.11. The lowest BCUT2D eigenvalue weighted by molar-refractivity contribution is -0.463. The summed E-state index contributed by atoms with van der Waals surface area (Å²) in [5.74, 6) is 2.24. The van der Waals surface area contributed by atoms with Crippen LogP contribution in [0.2, 0.25) is 0 Å². The van der Waals surface area contributed by atoms with Gasteiger partial charge in [0.25, 0.3) is 6.54 Å². The van der Waals surface area contributed by atoms with Crippen LogP contribution in [-0.2, 0) is 5.75 Å². The third-order valence-corrected chi connectivity index (χ3v) is 3.82. The van der Waals surface area contributed by atoms with Crippen molar-refractivity contribution in [1.29, 1.82) is 0 Å². The van der Waals surface area contributed by atoms with Crippen molar-refractivity contribution in [3.05, 3.63) is 26.7 Å². The molecule has 1 aromatic rings. The summed E-state index contributed by atoms with van der Waals surface area (Å²) >= 11 is 3.40. The fourth-order valence-corrected chi connectivity index (χ4v) is 2.65. The van der Waals surface area contributed by atoms with Gasteiger partial charge in [-0.05, 0) is 0 Å². The van der Waals surface area contributed by atoms with Crippen molar-refractivity contribution in [3.8, 4) is 0 Å². The second kappa shape index (κ2) is 8.02. The number of aromatic nitrogens is 1. The van der Waals surface area contributed by atoms with Gasteiger partial charge in [-0.3, -0.25) is 20.1 Å². The Labute approximate surface area is 108 Å². The SMILES string of the molecule is CN=C(C[N+](=O)[O-])NCCSCc1cncs1. The summed E-state index contributed by atoms with van der Waals surface area (Å²) in [6.45, 7) is 0.444. The van der Waals surface area contributed by atoms with Crippen molar-refractivity contribution in [2.24, 2.45) is 4.99 Å². The lowest BCUT2D eigenvalue weighted by atomic mass is 10.5. The Hall–Kier alpha value is -1.15. The van der Waals surface area contributed by atoms with E-state index in [1.807, 2.05) is 11.7 Å². The predicted octanol–water partition coefficient (Wildman–Crippen LogP) is 1.27. The quantitative estimate of drug-likeness (QED) is 0.266. The molecule has 0 saturated carbocycles. The van der Waals surface area contributed by atoms with Crippen LogP contribution in [0.5, 0.6) is 0 Å². The fourth-order valence-electron chi connectivity index (χ4n) is 1.08. The van der Waals surface area contributed by atoms with E-state index in [0.29, 0.717) is 12.4 Å². The molecule has 0 fully saturated rings. The molecular weight excluding hydrogens is 260 g/mol. The van der Waals surface area contributed by atoms with Gasteiger partial charge in [0, 0.05) is 41.1 Å². The second-order valence-corrected chi connectivity index (χ2v) is 5.18. The summed E-state index contributed by atoms with van der Waals surface area (Å²) in [4.78, 5) is 19.0. The highest BCUT2D eigenvalue weighted by atomic mass is 32.2. The number of nitrogens with one attached hydrogen (secondary N) is 1. The molecule has 0 radical (unpaired) electrons. The number of nitrogens with zero attached hydrogens (tertiary/aromatic N) is 3. The number of aliphatic imine (C=N–C) groups is 1. The number of thioether (sulfide) groups is 1. The molecule has 0 aliphatic carbocycles. The van der Waals surface area contributed by atoms with Crippen LogP contribution in [0.25, 0.3) is 0 Å². The first-order valence-corrected chi connectivity index (χ1v) is 7.02. The molecule has 1 aromatic heterocycles. The fraction of sp³-hybridized carbons (Fsp3) is 0.556. The van der Waals surface area contributed by atoms with Gasteiger partial charge in [-0.15, -0.1) is 11.3 Å². The number of nitro groups is 1. The predicted molar refractivity (Wildman–Crippen MR) is 71.5 cm³/mol. The topological polar surface area (TPSA) is 80.4 Å². The first-order valence-electron chi connectivity index (χ1n) is 4.99. The zero-order valence-corrected chi connectivity index (χ0v) is 11.1. The Morgan fingerprint density at radius 1 is 1.76 bits per heavy atom. The Morgan fingerprint density at radius 2 is 2.59 bits per heavy atom. The van der Waals surface area contributed by atoms with Crippen LogP contribution in [0, 0.1) is 10.1 Å². The molecule has 1 heterocycles. The molecule has 1 N–H and O–H groups in total. The van der Waals surface area contributed by atoms with Crippen LogP contribution in [0.1, 0.15) is 4.88 Å². The van der Waals surface area contributed by atoms with Crippen LogP contribution in [0.4, 0.5) is 0 Å². The minimum absolute atomic E-state index is 0.240. The Morgan fingerprint density at radius 3 is 3.18 bits per heavy atom. The summed E-state index contributed by atoms with van der Waals surface area (Å²) in [6.07, 6.45) is 1.86. The van der Waals surface area contributed by atoms with Gasteiger partial charge in [0.15, 0.2) is 5.84 Å². The summed E-state index contributed by atoms with van der Waals surface area (Å²) in [6, 6.07) is 0. The van der Waals surface area contributed by atoms with Crippen LogP contribution < -0.4 is 5.32 Å². The van der Waals surface area contributed by atoms with E-state index in [4.69, 9.17) is 0 Å². The van der Waals surface area contributed by atoms with E-state index in [1.165, 1.54) is 4.88 Å². The zero-order chi connectivity index (χ0) is 12.5. The summed E-state index contributed by atoms with van der Waals surface area (Å²) in [5, 5.41) is 13.2. The highest BCUT2D eigenvalue weighted by Crippen LogP contribution is 2.14. The lowest BCUT2D eigenvalue weighted by Gasteiger charge is -2.05. The number of amidine groups is 1. The molecule has 0 amide bonds. The average molecular weight is 274 g/mol. The smallest absolute Gasteiger partial charge is 0.259 e. The molecule has 0 aliphatic heterocycles. The Balaban J connectivity index is 2.09. The van der Waals surface area contributed by atoms with Crippen molar-refractivity contribution >= 4 is 28.9 Å². The third kappa shape index (κ3) is 6.22. The van der Waals surface area contributed by atoms with Crippen molar-refractivity contribution in [2.45, 2.75) is 5.75 Å². The van der Waals surface area contributed by atoms with Gasteiger partial charge in [-0.1, -0.05) is 0 Å². The van der Waals surface area contributed by atoms with Crippen LogP contribution in [0.3, 0.4) is 0 Å². The van der Waals surface area contributed by atoms with Crippen molar-refractivity contribution < 1.29 is 4.92 Å². The normalized spacial score (nSPS) is 11.5. The summed E-state index contributed by atoms with van der Waals surface area (Å²) < 4.78 is 0. The number of hydrogen-bond donors (Lipinski definition) is 1. The van der Waals surface area contributed by atoms with E-state index in [9.17, 15) is 10.1 Å². The highest BCUT2D eigenvalue weighted by Gasteiger charge is 2.05.